The predicted molar refractivity (Wildman–Crippen MR) is 111 cm³/mol. The van der Waals surface area contributed by atoms with Crippen molar-refractivity contribution >= 4 is 17.4 Å². The summed E-state index contributed by atoms with van der Waals surface area (Å²) in [6, 6.07) is 18.6. The van der Waals surface area contributed by atoms with Gasteiger partial charge >= 0.3 is 17.9 Å². The van der Waals surface area contributed by atoms with Crippen LogP contribution in [-0.4, -0.2) is 34.8 Å². The Kier molecular flexibility index (Phi) is 7.59. The van der Waals surface area contributed by atoms with Gasteiger partial charge in [0.2, 0.25) is 0 Å². The zero-order chi connectivity index (χ0) is 24.7. The van der Waals surface area contributed by atoms with Gasteiger partial charge in [-0.05, 0) is 17.7 Å². The highest BCUT2D eigenvalue weighted by Gasteiger charge is 2.29. The summed E-state index contributed by atoms with van der Waals surface area (Å²) >= 11 is 0. The zero-order valence-corrected chi connectivity index (χ0v) is 17.5. The van der Waals surface area contributed by atoms with Gasteiger partial charge in [0.05, 0.1) is 18.8 Å². The van der Waals surface area contributed by atoms with E-state index in [1.54, 1.807) is 0 Å². The topological polar surface area (TPSA) is 123 Å². The highest BCUT2D eigenvalue weighted by molar-refractivity contribution is 5.91. The summed E-state index contributed by atoms with van der Waals surface area (Å²) in [7, 11) is 0. The monoisotopic (exact) mass is 473 g/mol. The number of carboxylic acids is 1. The molecule has 11 heteroatoms. The molecule has 34 heavy (non-hydrogen) atoms. The molecule has 0 unspecified atom stereocenters. The number of alkyl halides is 3. The zero-order valence-electron chi connectivity index (χ0n) is 17.5. The molecule has 176 valence electrons. The molecular formula is C23H20F3N4O4+. The summed E-state index contributed by atoms with van der Waals surface area (Å²) in [4.78, 5) is 28.0. The molecule has 0 spiro atoms. The van der Waals surface area contributed by atoms with Crippen molar-refractivity contribution in [3.8, 4) is 11.3 Å². The summed E-state index contributed by atoms with van der Waals surface area (Å²) in [6.45, 7) is -0.180. The number of halogens is 3. The number of amides is 1. The first-order valence-corrected chi connectivity index (χ1v) is 9.96. The van der Waals surface area contributed by atoms with Crippen LogP contribution in [0.3, 0.4) is 0 Å². The standard InChI is InChI=1S/C21H18N4O2.C2HF3O2/c26-14-17(15-6-2-1-3-7-15)23-21(27)20-24-19(16-9-11-22-12-10-16)18-8-4-5-13-25(18)20;3-2(4,5)1(6)7/h1-13,17,26H,14H2,(H,23,27);(H,6,7)/p+1/t17-;/m1./s1. The number of carboxylic acid groups (broad SMARTS) is 1. The summed E-state index contributed by atoms with van der Waals surface area (Å²) in [5.74, 6) is -2.89. The third-order valence-corrected chi connectivity index (χ3v) is 4.74. The van der Waals surface area contributed by atoms with Crippen molar-refractivity contribution in [2.45, 2.75) is 12.2 Å². The highest BCUT2D eigenvalue weighted by atomic mass is 19.4. The number of carbonyl (C=O) groups is 2. The average Bonchev–Trinajstić information content (AvgIpc) is 3.23. The molecule has 4 N–H and O–H groups in total. The fraction of sp³-hybridized carbons (Fsp3) is 0.130. The van der Waals surface area contributed by atoms with E-state index in [2.05, 4.69) is 15.3 Å². The van der Waals surface area contributed by atoms with Crippen molar-refractivity contribution in [3.63, 3.8) is 0 Å². The Morgan fingerprint density at radius 3 is 2.26 bits per heavy atom. The summed E-state index contributed by atoms with van der Waals surface area (Å²) in [5.41, 5.74) is 3.58. The number of hydrogen-bond donors (Lipinski definition) is 3. The van der Waals surface area contributed by atoms with Crippen molar-refractivity contribution in [3.05, 3.63) is 90.6 Å². The number of aliphatic hydroxyl groups excluding tert-OH is 1. The van der Waals surface area contributed by atoms with Gasteiger partial charge in [-0.1, -0.05) is 36.4 Å². The molecule has 3 heterocycles. The van der Waals surface area contributed by atoms with E-state index in [1.165, 1.54) is 0 Å². The van der Waals surface area contributed by atoms with Gasteiger partial charge < -0.3 is 20.3 Å². The molecule has 4 aromatic rings. The molecule has 4 rings (SSSR count). The smallest absolute Gasteiger partial charge is 0.430 e. The van der Waals surface area contributed by atoms with Gasteiger partial charge in [-0.15, -0.1) is 0 Å². The number of imidazole rings is 1. The summed E-state index contributed by atoms with van der Waals surface area (Å²) in [5, 5.41) is 21.4. The van der Waals surface area contributed by atoms with Crippen LogP contribution >= 0.6 is 0 Å². The number of benzene rings is 1. The van der Waals surface area contributed by atoms with Gasteiger partial charge in [-0.2, -0.15) is 17.6 Å². The SMILES string of the molecule is O=C(N[C@H](CO)c1ccccc1)c1[nH]c(-c2cc[nH+]cc2)c2cccc[n+]12.O=C([O-])C(F)(F)F. The van der Waals surface area contributed by atoms with Crippen molar-refractivity contribution in [2.75, 3.05) is 6.61 Å². The van der Waals surface area contributed by atoms with E-state index in [1.807, 2.05) is 83.7 Å². The molecule has 0 saturated heterocycles. The number of rotatable bonds is 5. The van der Waals surface area contributed by atoms with E-state index in [0.29, 0.717) is 5.82 Å². The summed E-state index contributed by atoms with van der Waals surface area (Å²) in [6.07, 6.45) is 0.328. The van der Waals surface area contributed by atoms with E-state index in [4.69, 9.17) is 9.90 Å². The largest absolute Gasteiger partial charge is 0.542 e. The molecule has 0 radical (unpaired) electrons. The Bertz CT molecular complexity index is 1260. The molecule has 0 saturated carbocycles. The molecule has 0 aliphatic heterocycles. The lowest BCUT2D eigenvalue weighted by Crippen LogP contribution is -2.38. The number of H-pyrrole nitrogens is 2. The number of nitrogens with zero attached hydrogens (tertiary/aromatic N) is 1. The van der Waals surface area contributed by atoms with E-state index >= 15 is 0 Å². The number of aromatic amines is 2. The number of aromatic nitrogens is 3. The van der Waals surface area contributed by atoms with Crippen LogP contribution in [0.25, 0.3) is 16.8 Å². The molecule has 1 aromatic carbocycles. The van der Waals surface area contributed by atoms with E-state index < -0.39 is 18.2 Å². The molecule has 0 aliphatic carbocycles. The first-order valence-electron chi connectivity index (χ1n) is 9.96. The van der Waals surface area contributed by atoms with Gasteiger partial charge in [-0.3, -0.25) is 4.79 Å². The molecule has 3 aromatic heterocycles. The van der Waals surface area contributed by atoms with Gasteiger partial charge in [0.15, 0.2) is 23.6 Å². The minimum atomic E-state index is -5.19. The van der Waals surface area contributed by atoms with Crippen LogP contribution in [0.2, 0.25) is 0 Å². The van der Waals surface area contributed by atoms with Gasteiger partial charge in [0.1, 0.15) is 5.97 Å². The first kappa shape index (κ1) is 24.4. The molecule has 0 aliphatic rings. The van der Waals surface area contributed by atoms with E-state index in [9.17, 15) is 23.1 Å². The minimum absolute atomic E-state index is 0.180. The number of pyridine rings is 2. The van der Waals surface area contributed by atoms with Gasteiger partial charge in [0, 0.05) is 17.7 Å². The lowest BCUT2D eigenvalue weighted by molar-refractivity contribution is -0.514. The number of fused-ring (bicyclic) bond motifs is 1. The second-order valence-corrected chi connectivity index (χ2v) is 7.00. The molecule has 1 atom stereocenters. The van der Waals surface area contributed by atoms with Crippen LogP contribution in [0.1, 0.15) is 22.2 Å². The Balaban J connectivity index is 0.000000406. The lowest BCUT2D eigenvalue weighted by Gasteiger charge is -2.14. The van der Waals surface area contributed by atoms with Gasteiger partial charge in [-0.25, -0.2) is 9.97 Å². The molecule has 0 bridgehead atoms. The third-order valence-electron chi connectivity index (χ3n) is 4.74. The predicted octanol–water partition coefficient (Wildman–Crippen LogP) is 0.996. The maximum Gasteiger partial charge on any atom is 0.430 e. The minimum Gasteiger partial charge on any atom is -0.542 e. The normalized spacial score (nSPS) is 11.9. The first-order chi connectivity index (χ1) is 16.2. The fourth-order valence-electron chi connectivity index (χ4n) is 3.17. The van der Waals surface area contributed by atoms with Gasteiger partial charge in [0.25, 0.3) is 0 Å². The number of aliphatic hydroxyl groups is 1. The Hall–Kier alpha value is -4.25. The van der Waals surface area contributed by atoms with Crippen LogP contribution < -0.4 is 19.8 Å². The average molecular weight is 473 g/mol. The van der Waals surface area contributed by atoms with Crippen molar-refractivity contribution in [2.24, 2.45) is 0 Å². The fourth-order valence-corrected chi connectivity index (χ4v) is 3.17. The quantitative estimate of drug-likeness (QED) is 0.374. The number of carbonyl (C=O) groups excluding carboxylic acids is 2. The highest BCUT2D eigenvalue weighted by Crippen LogP contribution is 2.21. The van der Waals surface area contributed by atoms with Crippen molar-refractivity contribution < 1.29 is 42.4 Å². The van der Waals surface area contributed by atoms with E-state index in [0.717, 1.165) is 22.3 Å². The maximum atomic E-state index is 13.0. The van der Waals surface area contributed by atoms with E-state index in [-0.39, 0.29) is 12.5 Å². The van der Waals surface area contributed by atoms with Crippen LogP contribution in [0.15, 0.2) is 79.3 Å². The molecular weight excluding hydrogens is 453 g/mol. The van der Waals surface area contributed by atoms with Crippen LogP contribution in [0.5, 0.6) is 0 Å². The lowest BCUT2D eigenvalue weighted by atomic mass is 10.1. The Labute approximate surface area is 191 Å². The molecule has 1 amide bonds. The second-order valence-electron chi connectivity index (χ2n) is 7.00. The number of nitrogens with one attached hydrogen (secondary N) is 3. The summed E-state index contributed by atoms with van der Waals surface area (Å²) < 4.78 is 33.4. The molecule has 8 nitrogen and oxygen atoms in total. The third kappa shape index (κ3) is 5.75. The second kappa shape index (κ2) is 10.6. The number of hydrogen-bond acceptors (Lipinski definition) is 4. The maximum absolute atomic E-state index is 13.0. The van der Waals surface area contributed by atoms with Crippen molar-refractivity contribution in [1.29, 1.82) is 0 Å². The van der Waals surface area contributed by atoms with Crippen LogP contribution in [0, 0.1) is 0 Å². The Morgan fingerprint density at radius 1 is 1.06 bits per heavy atom. The van der Waals surface area contributed by atoms with Crippen LogP contribution in [-0.2, 0) is 4.79 Å². The van der Waals surface area contributed by atoms with Crippen molar-refractivity contribution in [1.82, 2.24) is 10.3 Å². The van der Waals surface area contributed by atoms with Crippen LogP contribution in [0.4, 0.5) is 13.2 Å². The molecule has 0 fully saturated rings. The Morgan fingerprint density at radius 2 is 1.68 bits per heavy atom. The number of aliphatic carboxylic acids is 1.